The molecule has 1 aromatic rings. The first-order valence-electron chi connectivity index (χ1n) is 7.90. The fourth-order valence-corrected chi connectivity index (χ4v) is 5.76. The molecule has 0 unspecified atom stereocenters. The van der Waals surface area contributed by atoms with Crippen molar-refractivity contribution in [3.05, 3.63) is 29.8 Å². The first-order chi connectivity index (χ1) is 10.1. The summed E-state index contributed by atoms with van der Waals surface area (Å²) in [5.41, 5.74) is 7.16. The number of anilines is 1. The molecule has 3 rings (SSSR count). The summed E-state index contributed by atoms with van der Waals surface area (Å²) in [7, 11) is -3.25. The Morgan fingerprint density at radius 1 is 1.14 bits per heavy atom. The topological polar surface area (TPSA) is 63.4 Å². The van der Waals surface area contributed by atoms with Gasteiger partial charge in [0.05, 0.1) is 5.75 Å². The van der Waals surface area contributed by atoms with Crippen LogP contribution in [0.15, 0.2) is 24.3 Å². The van der Waals surface area contributed by atoms with Gasteiger partial charge in [-0.3, -0.25) is 0 Å². The fraction of sp³-hybridized carbons (Fsp3) is 0.625. The van der Waals surface area contributed by atoms with Crippen LogP contribution in [-0.2, 0) is 15.8 Å². The zero-order chi connectivity index (χ0) is 14.9. The highest BCUT2D eigenvalue weighted by molar-refractivity contribution is 7.88. The van der Waals surface area contributed by atoms with E-state index in [1.54, 1.807) is 16.4 Å². The van der Waals surface area contributed by atoms with Crippen LogP contribution in [0, 0.1) is 5.92 Å². The van der Waals surface area contributed by atoms with E-state index in [1.165, 1.54) is 19.3 Å². The number of sulfonamides is 1. The summed E-state index contributed by atoms with van der Waals surface area (Å²) in [6, 6.07) is 7.45. The van der Waals surface area contributed by atoms with Gasteiger partial charge >= 0.3 is 0 Å². The van der Waals surface area contributed by atoms with Crippen LogP contribution in [0.3, 0.4) is 0 Å². The van der Waals surface area contributed by atoms with Gasteiger partial charge < -0.3 is 5.73 Å². The maximum absolute atomic E-state index is 12.8. The number of rotatable bonds is 3. The summed E-state index contributed by atoms with van der Waals surface area (Å²) >= 11 is 0. The van der Waals surface area contributed by atoms with Crippen molar-refractivity contribution in [2.75, 3.05) is 12.3 Å². The number of hydrogen-bond acceptors (Lipinski definition) is 3. The van der Waals surface area contributed by atoms with E-state index in [9.17, 15) is 8.42 Å². The van der Waals surface area contributed by atoms with E-state index < -0.39 is 10.0 Å². The van der Waals surface area contributed by atoms with Crippen molar-refractivity contribution in [3.8, 4) is 0 Å². The van der Waals surface area contributed by atoms with Crippen LogP contribution < -0.4 is 5.73 Å². The van der Waals surface area contributed by atoms with Crippen molar-refractivity contribution in [2.24, 2.45) is 5.92 Å². The lowest BCUT2D eigenvalue weighted by atomic mass is 9.79. The second-order valence-electron chi connectivity index (χ2n) is 6.37. The third-order valence-corrected chi connectivity index (χ3v) is 6.72. The van der Waals surface area contributed by atoms with Gasteiger partial charge in [-0.05, 0) is 49.3 Å². The number of nitrogens with zero attached hydrogens (tertiary/aromatic N) is 1. The second kappa shape index (κ2) is 5.97. The third-order valence-electron chi connectivity index (χ3n) is 4.85. The van der Waals surface area contributed by atoms with E-state index in [2.05, 4.69) is 0 Å². The Kier molecular flexibility index (Phi) is 4.22. The summed E-state index contributed by atoms with van der Waals surface area (Å²) in [5, 5.41) is 0. The number of hydrogen-bond donors (Lipinski definition) is 1. The Morgan fingerprint density at radius 3 is 2.71 bits per heavy atom. The normalized spacial score (nSPS) is 27.2. The SMILES string of the molecule is Nc1cccc(CS(=O)(=O)N2CCC[C@H]3CCCC[C@H]32)c1. The standard InChI is InChI=1S/C16H24N2O2S/c17-15-8-3-5-13(11-15)12-21(19,20)18-10-4-7-14-6-1-2-9-16(14)18/h3,5,8,11,14,16H,1-2,4,6-7,9-10,12,17H2/t14-,16-/m1/s1. The predicted molar refractivity (Wildman–Crippen MR) is 85.2 cm³/mol. The molecule has 116 valence electrons. The Bertz CT molecular complexity index is 598. The highest BCUT2D eigenvalue weighted by Crippen LogP contribution is 2.37. The minimum Gasteiger partial charge on any atom is -0.399 e. The molecule has 1 aromatic carbocycles. The highest BCUT2D eigenvalue weighted by Gasteiger charge is 2.39. The fourth-order valence-electron chi connectivity index (χ4n) is 3.90. The molecule has 1 aliphatic heterocycles. The Labute approximate surface area is 127 Å². The molecule has 2 N–H and O–H groups in total. The van der Waals surface area contributed by atoms with Gasteiger partial charge in [-0.2, -0.15) is 4.31 Å². The summed E-state index contributed by atoms with van der Waals surface area (Å²) in [4.78, 5) is 0. The molecule has 0 amide bonds. The molecule has 0 radical (unpaired) electrons. The monoisotopic (exact) mass is 308 g/mol. The van der Waals surface area contributed by atoms with Gasteiger partial charge in [0.2, 0.25) is 10.0 Å². The van der Waals surface area contributed by atoms with Crippen molar-refractivity contribution in [2.45, 2.75) is 50.3 Å². The van der Waals surface area contributed by atoms with Crippen molar-refractivity contribution < 1.29 is 8.42 Å². The van der Waals surface area contributed by atoms with E-state index in [1.807, 2.05) is 12.1 Å². The zero-order valence-electron chi connectivity index (χ0n) is 12.4. The average Bonchev–Trinajstić information content (AvgIpc) is 2.46. The predicted octanol–water partition coefficient (Wildman–Crippen LogP) is 2.75. The van der Waals surface area contributed by atoms with Gasteiger partial charge in [0.25, 0.3) is 0 Å². The van der Waals surface area contributed by atoms with Gasteiger partial charge in [0, 0.05) is 18.3 Å². The Morgan fingerprint density at radius 2 is 1.90 bits per heavy atom. The number of nitrogen functional groups attached to an aromatic ring is 1. The lowest BCUT2D eigenvalue weighted by Crippen LogP contribution is -2.49. The minimum atomic E-state index is -3.25. The van der Waals surface area contributed by atoms with Crippen LogP contribution in [0.2, 0.25) is 0 Å². The van der Waals surface area contributed by atoms with E-state index in [-0.39, 0.29) is 11.8 Å². The van der Waals surface area contributed by atoms with Crippen molar-refractivity contribution in [1.82, 2.24) is 4.31 Å². The molecule has 21 heavy (non-hydrogen) atoms. The number of nitrogens with two attached hydrogens (primary N) is 1. The molecule has 1 heterocycles. The van der Waals surface area contributed by atoms with Crippen LogP contribution >= 0.6 is 0 Å². The maximum Gasteiger partial charge on any atom is 0.218 e. The van der Waals surface area contributed by atoms with Crippen molar-refractivity contribution in [3.63, 3.8) is 0 Å². The molecule has 0 aromatic heterocycles. The van der Waals surface area contributed by atoms with Crippen LogP contribution in [0.4, 0.5) is 5.69 Å². The quantitative estimate of drug-likeness (QED) is 0.873. The molecule has 1 saturated heterocycles. The van der Waals surface area contributed by atoms with E-state index in [0.29, 0.717) is 18.2 Å². The van der Waals surface area contributed by atoms with Gasteiger partial charge in [-0.15, -0.1) is 0 Å². The first kappa shape index (κ1) is 14.9. The zero-order valence-corrected chi connectivity index (χ0v) is 13.2. The van der Waals surface area contributed by atoms with Gasteiger partial charge in [0.15, 0.2) is 0 Å². The Balaban J connectivity index is 1.80. The Hall–Kier alpha value is -1.07. The molecule has 4 nitrogen and oxygen atoms in total. The molecule has 2 atom stereocenters. The number of benzene rings is 1. The third kappa shape index (κ3) is 3.24. The molecule has 5 heteroatoms. The van der Waals surface area contributed by atoms with E-state index in [4.69, 9.17) is 5.73 Å². The lowest BCUT2D eigenvalue weighted by Gasteiger charge is -2.43. The van der Waals surface area contributed by atoms with Gasteiger partial charge in [0.1, 0.15) is 0 Å². The lowest BCUT2D eigenvalue weighted by molar-refractivity contribution is 0.129. The van der Waals surface area contributed by atoms with Gasteiger partial charge in [-0.1, -0.05) is 25.0 Å². The minimum absolute atomic E-state index is 0.0707. The summed E-state index contributed by atoms with van der Waals surface area (Å²) in [6.07, 6.45) is 6.82. The summed E-state index contributed by atoms with van der Waals surface area (Å²) < 4.78 is 27.4. The largest absolute Gasteiger partial charge is 0.399 e. The highest BCUT2D eigenvalue weighted by atomic mass is 32.2. The van der Waals surface area contributed by atoms with Crippen LogP contribution in [0.5, 0.6) is 0 Å². The molecular formula is C16H24N2O2S. The van der Waals surface area contributed by atoms with E-state index >= 15 is 0 Å². The molecule has 1 saturated carbocycles. The van der Waals surface area contributed by atoms with Crippen molar-refractivity contribution in [1.29, 1.82) is 0 Å². The second-order valence-corrected chi connectivity index (χ2v) is 8.29. The van der Waals surface area contributed by atoms with Crippen molar-refractivity contribution >= 4 is 15.7 Å². The van der Waals surface area contributed by atoms with Crippen LogP contribution in [0.25, 0.3) is 0 Å². The number of fused-ring (bicyclic) bond motifs is 1. The molecular weight excluding hydrogens is 284 g/mol. The molecule has 2 fully saturated rings. The molecule has 0 spiro atoms. The summed E-state index contributed by atoms with van der Waals surface area (Å²) in [6.45, 7) is 0.686. The first-order valence-corrected chi connectivity index (χ1v) is 9.51. The van der Waals surface area contributed by atoms with E-state index in [0.717, 1.165) is 24.8 Å². The summed E-state index contributed by atoms with van der Waals surface area (Å²) in [5.74, 6) is 0.643. The number of piperidine rings is 1. The van der Waals surface area contributed by atoms with Crippen LogP contribution in [-0.4, -0.2) is 25.3 Å². The smallest absolute Gasteiger partial charge is 0.218 e. The molecule has 1 aliphatic carbocycles. The molecule has 0 bridgehead atoms. The van der Waals surface area contributed by atoms with Crippen LogP contribution in [0.1, 0.15) is 44.1 Å². The average molecular weight is 308 g/mol. The molecule has 2 aliphatic rings. The van der Waals surface area contributed by atoms with Gasteiger partial charge in [-0.25, -0.2) is 8.42 Å². The maximum atomic E-state index is 12.8.